The number of alkyl halides is 5. The second kappa shape index (κ2) is 4.56. The van der Waals surface area contributed by atoms with Gasteiger partial charge in [0.15, 0.2) is 6.04 Å². The van der Waals surface area contributed by atoms with E-state index in [1.807, 2.05) is 0 Å². The Kier molecular flexibility index (Phi) is 3.01. The molecule has 1 fully saturated rings. The van der Waals surface area contributed by atoms with Crippen LogP contribution in [0.25, 0.3) is 0 Å². The van der Waals surface area contributed by atoms with E-state index in [9.17, 15) is 26.7 Å². The lowest BCUT2D eigenvalue weighted by Gasteiger charge is -2.45. The van der Waals surface area contributed by atoms with Gasteiger partial charge in [-0.2, -0.15) is 22.0 Å². The molecule has 3 nitrogen and oxygen atoms in total. The molecule has 8 heteroatoms. The maximum Gasteiger partial charge on any atom is 0.416 e. The molecule has 0 saturated carbocycles. The molecule has 0 spiro atoms. The van der Waals surface area contributed by atoms with Crippen molar-refractivity contribution in [2.24, 2.45) is 0 Å². The minimum absolute atomic E-state index is 0.193. The molecule has 0 N–H and O–H groups in total. The number of amides is 1. The molecule has 1 unspecified atom stereocenters. The Morgan fingerprint density at radius 2 is 1.86 bits per heavy atom. The first-order valence-electron chi connectivity index (χ1n) is 6.15. The summed E-state index contributed by atoms with van der Waals surface area (Å²) in [5, 5.41) is 0. The van der Waals surface area contributed by atoms with Crippen LogP contribution in [0.15, 0.2) is 47.1 Å². The van der Waals surface area contributed by atoms with E-state index >= 15 is 0 Å². The van der Waals surface area contributed by atoms with Gasteiger partial charge >= 0.3 is 18.0 Å². The molecule has 22 heavy (non-hydrogen) atoms. The quantitative estimate of drug-likeness (QED) is 0.619. The van der Waals surface area contributed by atoms with E-state index in [-0.39, 0.29) is 11.4 Å². The highest BCUT2D eigenvalue weighted by atomic mass is 19.4. The number of benzene rings is 1. The molecular weight excluding hydrogens is 309 g/mol. The molecular formula is C14H8F5NO2. The highest BCUT2D eigenvalue weighted by Gasteiger charge is 2.66. The van der Waals surface area contributed by atoms with Crippen LogP contribution < -0.4 is 4.90 Å². The van der Waals surface area contributed by atoms with Gasteiger partial charge in [0.25, 0.3) is 0 Å². The Labute approximate surface area is 120 Å². The zero-order valence-corrected chi connectivity index (χ0v) is 10.8. The fourth-order valence-corrected chi connectivity index (χ4v) is 2.34. The minimum atomic E-state index is -4.63. The number of rotatable bonds is 2. The van der Waals surface area contributed by atoms with Gasteiger partial charge in [-0.1, -0.05) is 6.07 Å². The first-order chi connectivity index (χ1) is 10.2. The van der Waals surface area contributed by atoms with Crippen LogP contribution in [0.3, 0.4) is 0 Å². The van der Waals surface area contributed by atoms with Gasteiger partial charge in [0, 0.05) is 5.69 Å². The van der Waals surface area contributed by atoms with Gasteiger partial charge < -0.3 is 4.42 Å². The van der Waals surface area contributed by atoms with E-state index in [0.29, 0.717) is 11.0 Å². The second-order valence-electron chi connectivity index (χ2n) is 4.76. The molecule has 116 valence electrons. The molecule has 1 saturated heterocycles. The summed E-state index contributed by atoms with van der Waals surface area (Å²) >= 11 is 0. The number of nitrogens with zero attached hydrogens (tertiary/aromatic N) is 1. The molecule has 1 aromatic carbocycles. The van der Waals surface area contributed by atoms with Gasteiger partial charge in [-0.15, -0.1) is 0 Å². The van der Waals surface area contributed by atoms with Gasteiger partial charge in [0.05, 0.1) is 11.8 Å². The van der Waals surface area contributed by atoms with Crippen molar-refractivity contribution >= 4 is 11.6 Å². The summed E-state index contributed by atoms with van der Waals surface area (Å²) < 4.78 is 70.5. The number of hydrogen-bond acceptors (Lipinski definition) is 2. The topological polar surface area (TPSA) is 33.5 Å². The molecule has 1 aliphatic heterocycles. The molecule has 1 atom stereocenters. The predicted octanol–water partition coefficient (Wildman–Crippen LogP) is 4.02. The van der Waals surface area contributed by atoms with E-state index in [1.54, 1.807) is 0 Å². The largest absolute Gasteiger partial charge is 0.467 e. The molecule has 1 amide bonds. The van der Waals surface area contributed by atoms with Crippen molar-refractivity contribution in [3.63, 3.8) is 0 Å². The molecule has 1 aliphatic rings. The number of anilines is 1. The minimum Gasteiger partial charge on any atom is -0.467 e. The Bertz CT molecular complexity index is 708. The van der Waals surface area contributed by atoms with Crippen LogP contribution >= 0.6 is 0 Å². The Morgan fingerprint density at radius 1 is 1.14 bits per heavy atom. The number of carbonyl (C=O) groups excluding carboxylic acids is 1. The maximum absolute atomic E-state index is 13.8. The number of hydrogen-bond donors (Lipinski definition) is 0. The van der Waals surface area contributed by atoms with Gasteiger partial charge in [-0.3, -0.25) is 9.69 Å². The van der Waals surface area contributed by atoms with Gasteiger partial charge in [0.2, 0.25) is 0 Å². The molecule has 0 aliphatic carbocycles. The van der Waals surface area contributed by atoms with Crippen molar-refractivity contribution in [1.82, 2.24) is 0 Å². The van der Waals surface area contributed by atoms with Crippen LogP contribution in [0.1, 0.15) is 17.4 Å². The van der Waals surface area contributed by atoms with Gasteiger partial charge in [-0.05, 0) is 30.3 Å². The third kappa shape index (κ3) is 2.06. The van der Waals surface area contributed by atoms with Crippen LogP contribution in [0.5, 0.6) is 0 Å². The van der Waals surface area contributed by atoms with E-state index < -0.39 is 29.6 Å². The van der Waals surface area contributed by atoms with Crippen molar-refractivity contribution in [2.75, 3.05) is 4.90 Å². The first-order valence-corrected chi connectivity index (χ1v) is 6.15. The smallest absolute Gasteiger partial charge is 0.416 e. The van der Waals surface area contributed by atoms with E-state index in [2.05, 4.69) is 0 Å². The summed E-state index contributed by atoms with van der Waals surface area (Å²) in [5.74, 6) is -5.47. The zero-order valence-electron chi connectivity index (χ0n) is 10.8. The van der Waals surface area contributed by atoms with E-state index in [4.69, 9.17) is 4.42 Å². The number of β-lactam (4-membered cyclic amide) rings is 1. The lowest BCUT2D eigenvalue weighted by Crippen LogP contribution is -2.64. The Balaban J connectivity index is 2.02. The lowest BCUT2D eigenvalue weighted by atomic mass is 9.93. The van der Waals surface area contributed by atoms with Crippen molar-refractivity contribution in [3.8, 4) is 0 Å². The highest BCUT2D eigenvalue weighted by Crippen LogP contribution is 2.50. The fraction of sp³-hybridized carbons (Fsp3) is 0.214. The van der Waals surface area contributed by atoms with Crippen LogP contribution in [-0.4, -0.2) is 11.8 Å². The molecule has 0 bridgehead atoms. The van der Waals surface area contributed by atoms with Crippen LogP contribution in [-0.2, 0) is 11.0 Å². The fourth-order valence-electron chi connectivity index (χ4n) is 2.34. The lowest BCUT2D eigenvalue weighted by molar-refractivity contribution is -0.164. The van der Waals surface area contributed by atoms with Crippen molar-refractivity contribution in [1.29, 1.82) is 0 Å². The molecule has 2 heterocycles. The zero-order chi connectivity index (χ0) is 16.1. The summed E-state index contributed by atoms with van der Waals surface area (Å²) in [7, 11) is 0. The molecule has 2 aromatic rings. The van der Waals surface area contributed by atoms with E-state index in [1.165, 1.54) is 18.2 Å². The van der Waals surface area contributed by atoms with Crippen molar-refractivity contribution < 1.29 is 31.2 Å². The Morgan fingerprint density at radius 3 is 2.45 bits per heavy atom. The van der Waals surface area contributed by atoms with Gasteiger partial charge in [0.1, 0.15) is 5.76 Å². The molecule has 1 aromatic heterocycles. The van der Waals surface area contributed by atoms with Crippen molar-refractivity contribution in [3.05, 3.63) is 54.0 Å². The predicted molar refractivity (Wildman–Crippen MR) is 65.3 cm³/mol. The first kappa shape index (κ1) is 14.6. The number of furan rings is 1. The summed E-state index contributed by atoms with van der Waals surface area (Å²) in [4.78, 5) is 12.2. The maximum atomic E-state index is 13.8. The van der Waals surface area contributed by atoms with Crippen molar-refractivity contribution in [2.45, 2.75) is 18.1 Å². The van der Waals surface area contributed by atoms with Crippen LogP contribution in [0.4, 0.5) is 27.6 Å². The highest BCUT2D eigenvalue weighted by molar-refractivity contribution is 6.07. The summed E-state index contributed by atoms with van der Waals surface area (Å²) in [5.41, 5.74) is -1.28. The second-order valence-corrected chi connectivity index (χ2v) is 4.76. The van der Waals surface area contributed by atoms with Crippen LogP contribution in [0.2, 0.25) is 0 Å². The third-order valence-electron chi connectivity index (χ3n) is 3.37. The van der Waals surface area contributed by atoms with Crippen LogP contribution in [0, 0.1) is 0 Å². The number of halogens is 5. The molecule has 0 radical (unpaired) electrons. The van der Waals surface area contributed by atoms with Gasteiger partial charge in [-0.25, -0.2) is 0 Å². The third-order valence-corrected chi connectivity index (χ3v) is 3.37. The number of carbonyl (C=O) groups is 1. The summed E-state index contributed by atoms with van der Waals surface area (Å²) in [6.45, 7) is 0. The Hall–Kier alpha value is -2.38. The standard InChI is InChI=1S/C14H8F5NO2/c15-13(16)11(10-5-2-6-22-10)20(12(13)21)9-4-1-3-8(7-9)14(17,18)19/h1-7,11H. The molecule has 3 rings (SSSR count). The summed E-state index contributed by atoms with van der Waals surface area (Å²) in [6.07, 6.45) is -3.48. The average Bonchev–Trinajstić information content (AvgIpc) is 2.96. The SMILES string of the molecule is O=C1N(c2cccc(C(F)(F)F)c2)C(c2ccco2)C1(F)F. The van der Waals surface area contributed by atoms with E-state index in [0.717, 1.165) is 18.4 Å². The monoisotopic (exact) mass is 317 g/mol. The average molecular weight is 317 g/mol. The normalized spacial score (nSPS) is 20.9. The summed E-state index contributed by atoms with van der Waals surface area (Å²) in [6, 6.07) is 4.53.